The highest BCUT2D eigenvalue weighted by Gasteiger charge is 2.17. The van der Waals surface area contributed by atoms with Gasteiger partial charge in [0.2, 0.25) is 0 Å². The van der Waals surface area contributed by atoms with E-state index in [1.54, 1.807) is 0 Å². The molecule has 72 valence electrons. The van der Waals surface area contributed by atoms with Crippen molar-refractivity contribution in [2.75, 3.05) is 13.1 Å². The number of hydrogen-bond donors (Lipinski definition) is 1. The Balaban J connectivity index is 2.43. The summed E-state index contributed by atoms with van der Waals surface area (Å²) >= 11 is 0. The van der Waals surface area contributed by atoms with E-state index >= 15 is 0 Å². The summed E-state index contributed by atoms with van der Waals surface area (Å²) in [6, 6.07) is 2.79. The van der Waals surface area contributed by atoms with Crippen molar-refractivity contribution in [1.82, 2.24) is 10.2 Å². The van der Waals surface area contributed by atoms with Gasteiger partial charge in [-0.15, -0.1) is 0 Å². The van der Waals surface area contributed by atoms with Crippen molar-refractivity contribution in [3.8, 4) is 12.0 Å². The lowest BCUT2D eigenvalue weighted by atomic mass is 9.93. The molecule has 1 rings (SSSR count). The van der Waals surface area contributed by atoms with Gasteiger partial charge in [0, 0.05) is 19.0 Å². The zero-order valence-electron chi connectivity index (χ0n) is 8.48. The van der Waals surface area contributed by atoms with Crippen LogP contribution in [-0.2, 0) is 0 Å². The van der Waals surface area contributed by atoms with Gasteiger partial charge in [0.25, 0.3) is 0 Å². The highest BCUT2D eigenvalue weighted by molar-refractivity contribution is 5.78. The minimum atomic E-state index is -0.0681. The fourth-order valence-corrected chi connectivity index (χ4v) is 0.978. The molecule has 13 heavy (non-hydrogen) atoms. The molecule has 0 radical (unpaired) electrons. The number of urea groups is 1. The van der Waals surface area contributed by atoms with Crippen molar-refractivity contribution in [3.05, 3.63) is 0 Å². The molecule has 1 fully saturated rings. The third-order valence-corrected chi connectivity index (χ3v) is 1.69. The summed E-state index contributed by atoms with van der Waals surface area (Å²) in [7, 11) is 0. The Morgan fingerprint density at radius 3 is 2.69 bits per heavy atom. The maximum atomic E-state index is 11.0. The van der Waals surface area contributed by atoms with Gasteiger partial charge in [-0.1, -0.05) is 26.7 Å². The van der Waals surface area contributed by atoms with Crippen LogP contribution in [-0.4, -0.2) is 24.0 Å². The minimum Gasteiger partial charge on any atom is -0.335 e. The van der Waals surface area contributed by atoms with E-state index in [2.05, 4.69) is 38.1 Å². The Morgan fingerprint density at radius 1 is 1.54 bits per heavy atom. The molecule has 0 atom stereocenters. The molecule has 0 spiro atoms. The molecule has 1 aliphatic heterocycles. The standard InChI is InChI=1S/C10H16N2O/c1-10(2,3)5-4-7-12-8-6-11-9(12)13/h5-6,8H2,1-3H3,(H,11,13). The minimum absolute atomic E-state index is 0.0681. The molecule has 0 unspecified atom stereocenters. The Hall–Kier alpha value is -1.17. The van der Waals surface area contributed by atoms with Crippen LogP contribution in [0.3, 0.4) is 0 Å². The number of amides is 2. The number of nitrogens with one attached hydrogen (secondary N) is 1. The summed E-state index contributed by atoms with van der Waals surface area (Å²) < 4.78 is 0. The Kier molecular flexibility index (Phi) is 2.82. The third kappa shape index (κ3) is 3.37. The van der Waals surface area contributed by atoms with Crippen LogP contribution >= 0.6 is 0 Å². The third-order valence-electron chi connectivity index (χ3n) is 1.69. The van der Waals surface area contributed by atoms with E-state index in [9.17, 15) is 4.79 Å². The number of nitrogens with zero attached hydrogens (tertiary/aromatic N) is 1. The maximum Gasteiger partial charge on any atom is 0.329 e. The molecule has 0 saturated carbocycles. The average Bonchev–Trinajstić information content (AvgIpc) is 2.34. The first-order valence-electron chi connectivity index (χ1n) is 4.53. The van der Waals surface area contributed by atoms with Crippen LogP contribution in [0.25, 0.3) is 0 Å². The Labute approximate surface area is 79.5 Å². The molecule has 2 amide bonds. The van der Waals surface area contributed by atoms with E-state index in [-0.39, 0.29) is 11.4 Å². The van der Waals surface area contributed by atoms with Gasteiger partial charge in [0.05, 0.1) is 6.54 Å². The highest BCUT2D eigenvalue weighted by atomic mass is 16.2. The summed E-state index contributed by atoms with van der Waals surface area (Å²) in [6.07, 6.45) is 0.816. The van der Waals surface area contributed by atoms with E-state index < -0.39 is 0 Å². The lowest BCUT2D eigenvalue weighted by Gasteiger charge is -2.13. The Bertz CT molecular complexity index is 254. The van der Waals surface area contributed by atoms with Crippen LogP contribution in [0.15, 0.2) is 0 Å². The largest absolute Gasteiger partial charge is 0.335 e. The van der Waals surface area contributed by atoms with Crippen molar-refractivity contribution in [2.24, 2.45) is 5.41 Å². The summed E-state index contributed by atoms with van der Waals surface area (Å²) in [6.45, 7) is 7.81. The molecular formula is C10H16N2O. The van der Waals surface area contributed by atoms with E-state index in [0.717, 1.165) is 6.42 Å². The van der Waals surface area contributed by atoms with Crippen molar-refractivity contribution >= 4 is 6.03 Å². The molecule has 1 saturated heterocycles. The highest BCUT2D eigenvalue weighted by Crippen LogP contribution is 2.16. The molecule has 3 nitrogen and oxygen atoms in total. The normalized spacial score (nSPS) is 16.5. The van der Waals surface area contributed by atoms with Crippen LogP contribution in [0.4, 0.5) is 4.79 Å². The predicted molar refractivity (Wildman–Crippen MR) is 52.0 cm³/mol. The molecule has 1 heterocycles. The quantitative estimate of drug-likeness (QED) is 0.562. The van der Waals surface area contributed by atoms with Crippen molar-refractivity contribution < 1.29 is 4.79 Å². The smallest absolute Gasteiger partial charge is 0.329 e. The van der Waals surface area contributed by atoms with Crippen molar-refractivity contribution in [1.29, 1.82) is 0 Å². The molecule has 0 aliphatic carbocycles. The second-order valence-electron chi connectivity index (χ2n) is 4.41. The summed E-state index contributed by atoms with van der Waals surface area (Å²) in [5.74, 6) is 3.01. The molecule has 1 aliphatic rings. The number of carbonyl (C=O) groups is 1. The average molecular weight is 180 g/mol. The van der Waals surface area contributed by atoms with Gasteiger partial charge < -0.3 is 5.32 Å². The second-order valence-corrected chi connectivity index (χ2v) is 4.41. The van der Waals surface area contributed by atoms with E-state index in [1.165, 1.54) is 4.90 Å². The van der Waals surface area contributed by atoms with Crippen LogP contribution in [0.1, 0.15) is 27.2 Å². The van der Waals surface area contributed by atoms with Crippen LogP contribution in [0, 0.1) is 17.4 Å². The van der Waals surface area contributed by atoms with Gasteiger partial charge >= 0.3 is 6.03 Å². The molecule has 3 heteroatoms. The van der Waals surface area contributed by atoms with E-state index in [0.29, 0.717) is 13.1 Å². The van der Waals surface area contributed by atoms with Crippen molar-refractivity contribution in [3.63, 3.8) is 0 Å². The van der Waals surface area contributed by atoms with Gasteiger partial charge in [0.15, 0.2) is 0 Å². The second kappa shape index (κ2) is 3.69. The Morgan fingerprint density at radius 2 is 2.23 bits per heavy atom. The fraction of sp³-hybridized carbons (Fsp3) is 0.700. The zero-order chi connectivity index (χ0) is 9.90. The number of rotatable bonds is 0. The SMILES string of the molecule is CC(C)(C)CC#CN1CCNC1=O. The van der Waals surface area contributed by atoms with Crippen molar-refractivity contribution in [2.45, 2.75) is 27.2 Å². The first-order chi connectivity index (χ1) is 5.99. The lowest BCUT2D eigenvalue weighted by molar-refractivity contribution is 0.232. The zero-order valence-corrected chi connectivity index (χ0v) is 8.48. The fourth-order valence-electron chi connectivity index (χ4n) is 0.978. The van der Waals surface area contributed by atoms with Gasteiger partial charge in [-0.05, 0) is 5.41 Å². The molecular weight excluding hydrogens is 164 g/mol. The molecule has 0 aromatic carbocycles. The first-order valence-corrected chi connectivity index (χ1v) is 4.53. The van der Waals surface area contributed by atoms with Gasteiger partial charge in [0.1, 0.15) is 0 Å². The molecule has 0 aromatic rings. The maximum absolute atomic E-state index is 11.0. The summed E-state index contributed by atoms with van der Waals surface area (Å²) in [5, 5.41) is 2.70. The monoisotopic (exact) mass is 180 g/mol. The summed E-state index contributed by atoms with van der Waals surface area (Å²) in [5.41, 5.74) is 0.212. The number of carbonyl (C=O) groups excluding carboxylic acids is 1. The predicted octanol–water partition coefficient (Wildman–Crippen LogP) is 1.41. The van der Waals surface area contributed by atoms with E-state index in [1.807, 2.05) is 0 Å². The molecule has 1 N–H and O–H groups in total. The molecule has 0 aromatic heterocycles. The van der Waals surface area contributed by atoms with Crippen LogP contribution in [0.2, 0.25) is 0 Å². The first kappa shape index (κ1) is 9.91. The summed E-state index contributed by atoms with van der Waals surface area (Å²) in [4.78, 5) is 12.6. The van der Waals surface area contributed by atoms with Gasteiger partial charge in [-0.2, -0.15) is 0 Å². The number of hydrogen-bond acceptors (Lipinski definition) is 1. The van der Waals surface area contributed by atoms with Crippen LogP contribution < -0.4 is 5.32 Å². The van der Waals surface area contributed by atoms with E-state index in [4.69, 9.17) is 0 Å². The van der Waals surface area contributed by atoms with Crippen LogP contribution in [0.5, 0.6) is 0 Å². The topological polar surface area (TPSA) is 32.3 Å². The lowest BCUT2D eigenvalue weighted by Crippen LogP contribution is -2.23. The molecule has 0 bridgehead atoms. The van der Waals surface area contributed by atoms with Gasteiger partial charge in [-0.3, -0.25) is 4.90 Å². The van der Waals surface area contributed by atoms with Gasteiger partial charge in [-0.25, -0.2) is 4.79 Å².